The van der Waals surface area contributed by atoms with E-state index in [-0.39, 0.29) is 24.4 Å². The number of hydrogen-bond acceptors (Lipinski definition) is 3. The number of nitrogens with one attached hydrogen (secondary N) is 2. The second-order valence-electron chi connectivity index (χ2n) is 7.83. The molecule has 5 nitrogen and oxygen atoms in total. The molecule has 3 aromatic carbocycles. The number of para-hydroxylation sites is 2. The molecule has 1 aliphatic rings. The van der Waals surface area contributed by atoms with Crippen molar-refractivity contribution in [2.45, 2.75) is 25.3 Å². The van der Waals surface area contributed by atoms with Crippen LogP contribution in [-0.2, 0) is 11.2 Å². The van der Waals surface area contributed by atoms with E-state index in [0.717, 1.165) is 24.9 Å². The van der Waals surface area contributed by atoms with Gasteiger partial charge in [-0.05, 0) is 54.7 Å². The average Bonchev–Trinajstić information content (AvgIpc) is 2.83. The number of carbonyl (C=O) groups is 2. The van der Waals surface area contributed by atoms with Gasteiger partial charge in [0.25, 0.3) is 5.91 Å². The molecule has 0 saturated carbocycles. The van der Waals surface area contributed by atoms with E-state index in [1.54, 1.807) is 12.1 Å². The monoisotopic (exact) mass is 413 g/mol. The largest absolute Gasteiger partial charge is 0.374 e. The maximum atomic E-state index is 13.0. The van der Waals surface area contributed by atoms with Crippen molar-refractivity contribution < 1.29 is 9.59 Å². The lowest BCUT2D eigenvalue weighted by Gasteiger charge is -2.33. The third kappa shape index (κ3) is 4.77. The fraction of sp³-hybridized carbons (Fsp3) is 0.231. The lowest BCUT2D eigenvalue weighted by Crippen LogP contribution is -2.37. The summed E-state index contributed by atoms with van der Waals surface area (Å²) >= 11 is 0. The van der Waals surface area contributed by atoms with Gasteiger partial charge in [0, 0.05) is 12.6 Å². The van der Waals surface area contributed by atoms with Crippen molar-refractivity contribution in [3.8, 4) is 0 Å². The summed E-state index contributed by atoms with van der Waals surface area (Å²) in [4.78, 5) is 27.3. The van der Waals surface area contributed by atoms with Crippen LogP contribution in [0.5, 0.6) is 0 Å². The minimum atomic E-state index is -0.183. The maximum absolute atomic E-state index is 13.0. The van der Waals surface area contributed by atoms with Gasteiger partial charge in [0.1, 0.15) is 0 Å². The Hall–Kier alpha value is -3.60. The smallest absolute Gasteiger partial charge is 0.255 e. The summed E-state index contributed by atoms with van der Waals surface area (Å²) in [6.45, 7) is 0.160. The Morgan fingerprint density at radius 2 is 1.58 bits per heavy atom. The summed E-state index contributed by atoms with van der Waals surface area (Å²) in [7, 11) is 1.87. The normalized spacial score (nSPS) is 14.9. The van der Waals surface area contributed by atoms with Crippen LogP contribution < -0.4 is 10.6 Å². The molecule has 31 heavy (non-hydrogen) atoms. The number of hydrogen-bond donors (Lipinski definition) is 2. The van der Waals surface area contributed by atoms with Gasteiger partial charge in [-0.25, -0.2) is 0 Å². The number of aryl methyl sites for hydroxylation is 1. The first kappa shape index (κ1) is 20.7. The van der Waals surface area contributed by atoms with Crippen molar-refractivity contribution in [2.24, 2.45) is 0 Å². The summed E-state index contributed by atoms with van der Waals surface area (Å²) < 4.78 is 0. The van der Waals surface area contributed by atoms with E-state index in [0.29, 0.717) is 11.3 Å². The van der Waals surface area contributed by atoms with E-state index in [2.05, 4.69) is 28.8 Å². The van der Waals surface area contributed by atoms with Gasteiger partial charge in [-0.15, -0.1) is 0 Å². The molecule has 0 fully saturated rings. The highest BCUT2D eigenvalue weighted by Gasteiger charge is 2.26. The van der Waals surface area contributed by atoms with E-state index >= 15 is 0 Å². The molecular formula is C26H27N3O2. The lowest BCUT2D eigenvalue weighted by atomic mass is 9.87. The van der Waals surface area contributed by atoms with Crippen molar-refractivity contribution in [1.29, 1.82) is 0 Å². The topological polar surface area (TPSA) is 61.4 Å². The van der Waals surface area contributed by atoms with Crippen molar-refractivity contribution in [2.75, 3.05) is 24.2 Å². The van der Waals surface area contributed by atoms with Crippen LogP contribution in [0, 0.1) is 0 Å². The number of amides is 2. The third-order valence-electron chi connectivity index (χ3n) is 5.84. The molecule has 0 heterocycles. The van der Waals surface area contributed by atoms with Crippen LogP contribution in [0.3, 0.4) is 0 Å². The maximum Gasteiger partial charge on any atom is 0.255 e. The summed E-state index contributed by atoms with van der Waals surface area (Å²) in [5.74, 6) is -0.164. The van der Waals surface area contributed by atoms with Crippen molar-refractivity contribution in [3.63, 3.8) is 0 Å². The van der Waals surface area contributed by atoms with E-state index in [1.807, 2.05) is 60.5 Å². The van der Waals surface area contributed by atoms with Crippen LogP contribution in [0.25, 0.3) is 0 Å². The summed E-state index contributed by atoms with van der Waals surface area (Å²) in [6, 6.07) is 25.0. The summed E-state index contributed by atoms with van der Waals surface area (Å²) in [5, 5.41) is 6.14. The van der Waals surface area contributed by atoms with E-state index < -0.39 is 0 Å². The molecule has 1 aliphatic carbocycles. The van der Waals surface area contributed by atoms with Gasteiger partial charge in [-0.2, -0.15) is 0 Å². The highest BCUT2D eigenvalue weighted by molar-refractivity contribution is 6.06. The molecular weight excluding hydrogens is 386 g/mol. The average molecular weight is 414 g/mol. The predicted molar refractivity (Wildman–Crippen MR) is 124 cm³/mol. The molecule has 0 aliphatic heterocycles. The molecule has 0 radical (unpaired) electrons. The van der Waals surface area contributed by atoms with Crippen molar-refractivity contribution >= 4 is 23.2 Å². The van der Waals surface area contributed by atoms with Crippen LogP contribution in [-0.4, -0.2) is 30.3 Å². The molecule has 3 aromatic rings. The zero-order valence-corrected chi connectivity index (χ0v) is 17.7. The Bertz CT molecular complexity index is 1070. The SMILES string of the molecule is CN(C(=O)CNc1ccccc1NC(=O)c1ccccc1)C1CCCc2ccccc21. The summed E-state index contributed by atoms with van der Waals surface area (Å²) in [5.41, 5.74) is 4.54. The third-order valence-corrected chi connectivity index (χ3v) is 5.84. The Morgan fingerprint density at radius 3 is 2.39 bits per heavy atom. The van der Waals surface area contributed by atoms with Gasteiger partial charge in [-0.3, -0.25) is 9.59 Å². The van der Waals surface area contributed by atoms with Gasteiger partial charge in [-0.1, -0.05) is 54.6 Å². The quantitative estimate of drug-likeness (QED) is 0.605. The molecule has 2 amide bonds. The molecule has 1 atom stereocenters. The Labute approximate surface area is 183 Å². The van der Waals surface area contributed by atoms with Crippen LogP contribution in [0.15, 0.2) is 78.9 Å². The molecule has 0 spiro atoms. The highest BCUT2D eigenvalue weighted by atomic mass is 16.2. The minimum Gasteiger partial charge on any atom is -0.374 e. The Morgan fingerprint density at radius 1 is 0.903 bits per heavy atom. The van der Waals surface area contributed by atoms with Gasteiger partial charge in [0.05, 0.1) is 24.0 Å². The number of carbonyl (C=O) groups excluding carboxylic acids is 2. The standard InChI is InChI=1S/C26H27N3O2/c1-29(24-17-9-13-19-10-5-6-14-21(19)24)25(30)18-27-22-15-7-8-16-23(22)28-26(31)20-11-3-2-4-12-20/h2-8,10-12,14-16,24,27H,9,13,17-18H2,1H3,(H,28,31). The Kier molecular flexibility index (Phi) is 6.32. The van der Waals surface area contributed by atoms with E-state index in [1.165, 1.54) is 11.1 Å². The first-order valence-electron chi connectivity index (χ1n) is 10.7. The Balaban J connectivity index is 1.42. The molecule has 4 rings (SSSR count). The fourth-order valence-electron chi connectivity index (χ4n) is 4.13. The van der Waals surface area contributed by atoms with Gasteiger partial charge in [0.15, 0.2) is 0 Å². The fourth-order valence-corrected chi connectivity index (χ4v) is 4.13. The van der Waals surface area contributed by atoms with Crippen LogP contribution in [0.1, 0.15) is 40.4 Å². The molecule has 2 N–H and O–H groups in total. The number of anilines is 2. The minimum absolute atomic E-state index is 0.0193. The van der Waals surface area contributed by atoms with Crippen molar-refractivity contribution in [3.05, 3.63) is 95.6 Å². The zero-order chi connectivity index (χ0) is 21.6. The second-order valence-corrected chi connectivity index (χ2v) is 7.83. The van der Waals surface area contributed by atoms with E-state index in [9.17, 15) is 9.59 Å². The van der Waals surface area contributed by atoms with Crippen LogP contribution >= 0.6 is 0 Å². The molecule has 158 valence electrons. The molecule has 1 unspecified atom stereocenters. The second kappa shape index (κ2) is 9.47. The van der Waals surface area contributed by atoms with Gasteiger partial charge >= 0.3 is 0 Å². The first-order chi connectivity index (χ1) is 15.1. The molecule has 0 saturated heterocycles. The summed E-state index contributed by atoms with van der Waals surface area (Å²) in [6.07, 6.45) is 3.13. The molecule has 0 bridgehead atoms. The van der Waals surface area contributed by atoms with Crippen LogP contribution in [0.4, 0.5) is 11.4 Å². The van der Waals surface area contributed by atoms with E-state index in [4.69, 9.17) is 0 Å². The zero-order valence-electron chi connectivity index (χ0n) is 17.7. The number of likely N-dealkylation sites (N-methyl/N-ethyl adjacent to an activating group) is 1. The highest BCUT2D eigenvalue weighted by Crippen LogP contribution is 2.33. The number of fused-ring (bicyclic) bond motifs is 1. The predicted octanol–water partition coefficient (Wildman–Crippen LogP) is 4.89. The van der Waals surface area contributed by atoms with Gasteiger partial charge < -0.3 is 15.5 Å². The number of rotatable bonds is 6. The molecule has 0 aromatic heterocycles. The van der Waals surface area contributed by atoms with Crippen molar-refractivity contribution in [1.82, 2.24) is 4.90 Å². The van der Waals surface area contributed by atoms with Crippen LogP contribution in [0.2, 0.25) is 0 Å². The first-order valence-corrected chi connectivity index (χ1v) is 10.7. The number of nitrogens with zero attached hydrogens (tertiary/aromatic N) is 1. The number of benzene rings is 3. The lowest BCUT2D eigenvalue weighted by molar-refractivity contribution is -0.130. The molecule has 5 heteroatoms. The van der Waals surface area contributed by atoms with Gasteiger partial charge in [0.2, 0.25) is 5.91 Å².